The Kier molecular flexibility index (Phi) is 5.63. The maximum atomic E-state index is 14.0. The molecular weight excluding hydrogens is 213 g/mol. The molecule has 17 heavy (non-hydrogen) atoms. The zero-order valence-electron chi connectivity index (χ0n) is 11.2. The number of aryl methyl sites for hydroxylation is 2. The maximum absolute atomic E-state index is 14.0. The summed E-state index contributed by atoms with van der Waals surface area (Å²) in [5, 5.41) is 0. The van der Waals surface area contributed by atoms with Crippen molar-refractivity contribution in [2.45, 2.75) is 52.4 Å². The molecule has 0 aromatic heterocycles. The van der Waals surface area contributed by atoms with Crippen molar-refractivity contribution >= 4 is 0 Å². The molecule has 1 atom stereocenters. The van der Waals surface area contributed by atoms with E-state index in [1.165, 1.54) is 5.56 Å². The molecule has 0 aliphatic carbocycles. The summed E-state index contributed by atoms with van der Waals surface area (Å²) in [7, 11) is 0. The average molecular weight is 237 g/mol. The average Bonchev–Trinajstić information content (AvgIpc) is 2.29. The van der Waals surface area contributed by atoms with Crippen LogP contribution >= 0.6 is 0 Å². The van der Waals surface area contributed by atoms with Gasteiger partial charge in [-0.15, -0.1) is 0 Å². The third-order valence-electron chi connectivity index (χ3n) is 3.45. The molecule has 0 aliphatic heterocycles. The molecule has 0 heterocycles. The van der Waals surface area contributed by atoms with Crippen LogP contribution in [0.4, 0.5) is 4.39 Å². The molecule has 0 amide bonds. The van der Waals surface area contributed by atoms with E-state index in [1.54, 1.807) is 6.07 Å². The monoisotopic (exact) mass is 237 g/mol. The van der Waals surface area contributed by atoms with Crippen LogP contribution in [-0.4, -0.2) is 6.54 Å². The molecule has 0 radical (unpaired) electrons. The highest BCUT2D eigenvalue weighted by atomic mass is 19.1. The van der Waals surface area contributed by atoms with Gasteiger partial charge in [-0.25, -0.2) is 4.39 Å². The number of hydrogen-bond donors (Lipinski definition) is 1. The highest BCUT2D eigenvalue weighted by Gasteiger charge is 2.15. The van der Waals surface area contributed by atoms with Gasteiger partial charge in [-0.2, -0.15) is 0 Å². The van der Waals surface area contributed by atoms with Crippen molar-refractivity contribution in [1.29, 1.82) is 0 Å². The number of nitrogens with two attached hydrogens (primary N) is 1. The van der Waals surface area contributed by atoms with Crippen molar-refractivity contribution in [2.75, 3.05) is 6.54 Å². The second-order valence-electron chi connectivity index (χ2n) is 4.87. The van der Waals surface area contributed by atoms with Crippen LogP contribution in [0.1, 0.15) is 55.2 Å². The van der Waals surface area contributed by atoms with Gasteiger partial charge in [-0.05, 0) is 68.3 Å². The molecule has 1 nitrogen and oxygen atoms in total. The van der Waals surface area contributed by atoms with Gasteiger partial charge in [0.25, 0.3) is 0 Å². The predicted molar refractivity (Wildman–Crippen MR) is 71.8 cm³/mol. The topological polar surface area (TPSA) is 26.0 Å². The Morgan fingerprint density at radius 2 is 1.82 bits per heavy atom. The molecule has 1 unspecified atom stereocenters. The largest absolute Gasteiger partial charge is 0.330 e. The smallest absolute Gasteiger partial charge is 0.126 e. The third kappa shape index (κ3) is 3.81. The molecule has 0 saturated heterocycles. The Bertz CT molecular complexity index is 360. The summed E-state index contributed by atoms with van der Waals surface area (Å²) in [6, 6.07) is 3.68. The van der Waals surface area contributed by atoms with Crippen LogP contribution in [0.15, 0.2) is 12.1 Å². The van der Waals surface area contributed by atoms with Crippen molar-refractivity contribution in [2.24, 2.45) is 5.73 Å². The van der Waals surface area contributed by atoms with Gasteiger partial charge in [0, 0.05) is 0 Å². The van der Waals surface area contributed by atoms with Crippen LogP contribution in [0, 0.1) is 19.7 Å². The van der Waals surface area contributed by atoms with E-state index in [2.05, 4.69) is 6.92 Å². The Balaban J connectivity index is 2.96. The molecule has 0 saturated carbocycles. The Morgan fingerprint density at radius 1 is 1.18 bits per heavy atom. The minimum absolute atomic E-state index is 0.0522. The van der Waals surface area contributed by atoms with Gasteiger partial charge in [0.15, 0.2) is 0 Å². The maximum Gasteiger partial charge on any atom is 0.126 e. The van der Waals surface area contributed by atoms with Crippen molar-refractivity contribution in [3.05, 3.63) is 34.6 Å². The quantitative estimate of drug-likeness (QED) is 0.793. The lowest BCUT2D eigenvalue weighted by molar-refractivity contribution is 0.512. The summed E-state index contributed by atoms with van der Waals surface area (Å²) >= 11 is 0. The van der Waals surface area contributed by atoms with Crippen LogP contribution in [0.5, 0.6) is 0 Å². The van der Waals surface area contributed by atoms with Crippen LogP contribution in [0.3, 0.4) is 0 Å². The molecule has 0 fully saturated rings. The third-order valence-corrected chi connectivity index (χ3v) is 3.45. The first-order chi connectivity index (χ1) is 8.10. The van der Waals surface area contributed by atoms with E-state index in [0.717, 1.165) is 36.8 Å². The van der Waals surface area contributed by atoms with E-state index in [-0.39, 0.29) is 5.82 Å². The summed E-state index contributed by atoms with van der Waals surface area (Å²) in [6.07, 6.45) is 4.09. The van der Waals surface area contributed by atoms with E-state index >= 15 is 0 Å². The SMILES string of the molecule is CCCC(CCCN)c1cc(C)c(C)cc1F. The molecule has 1 rings (SSSR count). The van der Waals surface area contributed by atoms with Crippen LogP contribution in [-0.2, 0) is 0 Å². The van der Waals surface area contributed by atoms with Gasteiger partial charge >= 0.3 is 0 Å². The van der Waals surface area contributed by atoms with E-state index < -0.39 is 0 Å². The van der Waals surface area contributed by atoms with Gasteiger partial charge in [0.2, 0.25) is 0 Å². The second-order valence-corrected chi connectivity index (χ2v) is 4.87. The van der Waals surface area contributed by atoms with E-state index in [0.29, 0.717) is 12.5 Å². The lowest BCUT2D eigenvalue weighted by Gasteiger charge is -2.18. The van der Waals surface area contributed by atoms with Gasteiger partial charge < -0.3 is 5.73 Å². The normalized spacial score (nSPS) is 12.8. The van der Waals surface area contributed by atoms with Gasteiger partial charge in [0.1, 0.15) is 5.82 Å². The summed E-state index contributed by atoms with van der Waals surface area (Å²) in [5.41, 5.74) is 8.63. The molecule has 0 spiro atoms. The minimum Gasteiger partial charge on any atom is -0.330 e. The van der Waals surface area contributed by atoms with Crippen molar-refractivity contribution in [1.82, 2.24) is 0 Å². The zero-order chi connectivity index (χ0) is 12.8. The van der Waals surface area contributed by atoms with E-state index in [9.17, 15) is 4.39 Å². The summed E-state index contributed by atoms with van der Waals surface area (Å²) in [6.45, 7) is 6.84. The first kappa shape index (κ1) is 14.2. The molecule has 2 N–H and O–H groups in total. The van der Waals surface area contributed by atoms with E-state index in [1.807, 2.05) is 19.9 Å². The fourth-order valence-corrected chi connectivity index (χ4v) is 2.28. The second kappa shape index (κ2) is 6.75. The molecule has 1 aromatic rings. The summed E-state index contributed by atoms with van der Waals surface area (Å²) < 4.78 is 14.0. The zero-order valence-corrected chi connectivity index (χ0v) is 11.2. The number of rotatable bonds is 6. The van der Waals surface area contributed by atoms with Crippen LogP contribution in [0.2, 0.25) is 0 Å². The molecule has 0 bridgehead atoms. The van der Waals surface area contributed by atoms with Crippen molar-refractivity contribution in [3.8, 4) is 0 Å². The number of halogens is 1. The Labute approximate surface area is 104 Å². The highest BCUT2D eigenvalue weighted by molar-refractivity contribution is 5.33. The Hall–Kier alpha value is -0.890. The number of benzene rings is 1. The highest BCUT2D eigenvalue weighted by Crippen LogP contribution is 2.30. The molecule has 1 aromatic carbocycles. The van der Waals surface area contributed by atoms with Gasteiger partial charge in [-0.3, -0.25) is 0 Å². The predicted octanol–water partition coefficient (Wildman–Crippen LogP) is 4.07. The molecule has 96 valence electrons. The lowest BCUT2D eigenvalue weighted by atomic mass is 9.88. The number of hydrogen-bond acceptors (Lipinski definition) is 1. The minimum atomic E-state index is -0.0522. The van der Waals surface area contributed by atoms with Gasteiger partial charge in [-0.1, -0.05) is 19.4 Å². The standard InChI is InChI=1S/C15H24FN/c1-4-6-13(7-5-8-17)14-9-11(2)12(3)10-15(14)16/h9-10,13H,4-8,17H2,1-3H3. The molecule has 0 aliphatic rings. The summed E-state index contributed by atoms with van der Waals surface area (Å²) in [4.78, 5) is 0. The fourth-order valence-electron chi connectivity index (χ4n) is 2.28. The fraction of sp³-hybridized carbons (Fsp3) is 0.600. The van der Waals surface area contributed by atoms with E-state index in [4.69, 9.17) is 5.73 Å². The van der Waals surface area contributed by atoms with Crippen LogP contribution < -0.4 is 5.73 Å². The first-order valence-electron chi connectivity index (χ1n) is 6.56. The lowest BCUT2D eigenvalue weighted by Crippen LogP contribution is -2.07. The molecule has 2 heteroatoms. The first-order valence-corrected chi connectivity index (χ1v) is 6.56. The molecular formula is C15H24FN. The van der Waals surface area contributed by atoms with Gasteiger partial charge in [0.05, 0.1) is 0 Å². The van der Waals surface area contributed by atoms with Crippen LogP contribution in [0.25, 0.3) is 0 Å². The Morgan fingerprint density at radius 3 is 2.41 bits per heavy atom. The summed E-state index contributed by atoms with van der Waals surface area (Å²) in [5.74, 6) is 0.270. The van der Waals surface area contributed by atoms with Crippen molar-refractivity contribution < 1.29 is 4.39 Å². The van der Waals surface area contributed by atoms with Crippen molar-refractivity contribution in [3.63, 3.8) is 0 Å².